The minimum Gasteiger partial charge on any atom is -0.497 e. The smallest absolute Gasteiger partial charge is 0.123 e. The molecule has 0 bridgehead atoms. The minimum atomic E-state index is 0.283. The van der Waals surface area contributed by atoms with Gasteiger partial charge in [0, 0.05) is 28.6 Å². The molecule has 2 aromatic carbocycles. The van der Waals surface area contributed by atoms with Crippen LogP contribution in [0.1, 0.15) is 17.2 Å². The molecular weight excluding hydrogens is 330 g/mol. The standard InChI is InChI=1S/C18H20ClNO2S/c1-21-13-7-8-16(22-10-4-9-19)14(11-13)18-12-20-15-5-2-3-6-17(15)23-18/h2-3,5-8,11,18,20H,4,9-10,12H2,1H3. The van der Waals surface area contributed by atoms with Gasteiger partial charge in [0.05, 0.1) is 19.0 Å². The van der Waals surface area contributed by atoms with Gasteiger partial charge in [-0.25, -0.2) is 0 Å². The molecule has 0 amide bonds. The monoisotopic (exact) mass is 349 g/mol. The Morgan fingerprint density at radius 2 is 2.13 bits per heavy atom. The maximum atomic E-state index is 5.94. The summed E-state index contributed by atoms with van der Waals surface area (Å²) in [6, 6.07) is 14.4. The number of fused-ring (bicyclic) bond motifs is 1. The lowest BCUT2D eigenvalue weighted by Crippen LogP contribution is -2.16. The van der Waals surface area contributed by atoms with Crippen LogP contribution in [-0.2, 0) is 0 Å². The van der Waals surface area contributed by atoms with Crippen LogP contribution in [0, 0.1) is 0 Å². The first kappa shape index (κ1) is 16.3. The molecule has 1 N–H and O–H groups in total. The predicted octanol–water partition coefficient (Wildman–Crippen LogP) is 4.96. The van der Waals surface area contributed by atoms with Crippen molar-refractivity contribution in [3.05, 3.63) is 48.0 Å². The molecule has 1 aliphatic rings. The maximum absolute atomic E-state index is 5.94. The molecule has 0 radical (unpaired) electrons. The molecule has 0 saturated heterocycles. The maximum Gasteiger partial charge on any atom is 0.123 e. The number of benzene rings is 2. The number of methoxy groups -OCH3 is 1. The van der Waals surface area contributed by atoms with E-state index in [1.807, 2.05) is 23.9 Å². The zero-order valence-electron chi connectivity index (χ0n) is 13.0. The van der Waals surface area contributed by atoms with Crippen molar-refractivity contribution < 1.29 is 9.47 Å². The summed E-state index contributed by atoms with van der Waals surface area (Å²) in [5.74, 6) is 2.37. The molecule has 23 heavy (non-hydrogen) atoms. The van der Waals surface area contributed by atoms with Crippen LogP contribution in [0.3, 0.4) is 0 Å². The average Bonchev–Trinajstić information content (AvgIpc) is 2.61. The highest BCUT2D eigenvalue weighted by molar-refractivity contribution is 7.99. The highest BCUT2D eigenvalue weighted by Gasteiger charge is 2.23. The summed E-state index contributed by atoms with van der Waals surface area (Å²) >= 11 is 7.60. The second-order valence-corrected chi connectivity index (χ2v) is 6.90. The number of para-hydroxylation sites is 1. The van der Waals surface area contributed by atoms with Crippen LogP contribution in [0.5, 0.6) is 11.5 Å². The van der Waals surface area contributed by atoms with Crippen LogP contribution in [-0.4, -0.2) is 26.1 Å². The fourth-order valence-corrected chi connectivity index (χ4v) is 3.88. The highest BCUT2D eigenvalue weighted by Crippen LogP contribution is 2.46. The van der Waals surface area contributed by atoms with Gasteiger partial charge in [-0.05, 0) is 36.8 Å². The van der Waals surface area contributed by atoms with E-state index < -0.39 is 0 Å². The van der Waals surface area contributed by atoms with Gasteiger partial charge in [-0.15, -0.1) is 23.4 Å². The first-order valence-electron chi connectivity index (χ1n) is 7.68. The van der Waals surface area contributed by atoms with E-state index in [0.717, 1.165) is 30.0 Å². The number of nitrogens with one attached hydrogen (secondary N) is 1. The molecule has 0 aromatic heterocycles. The number of ether oxygens (including phenoxy) is 2. The Balaban J connectivity index is 1.85. The van der Waals surface area contributed by atoms with Gasteiger partial charge in [-0.1, -0.05) is 12.1 Å². The molecule has 2 aromatic rings. The zero-order chi connectivity index (χ0) is 16.1. The summed E-state index contributed by atoms with van der Waals surface area (Å²) in [5, 5.41) is 3.79. The number of hydrogen-bond donors (Lipinski definition) is 1. The van der Waals surface area contributed by atoms with E-state index in [4.69, 9.17) is 21.1 Å². The van der Waals surface area contributed by atoms with Crippen LogP contribution >= 0.6 is 23.4 Å². The summed E-state index contributed by atoms with van der Waals surface area (Å²) < 4.78 is 11.3. The Labute approximate surface area is 146 Å². The molecule has 0 saturated carbocycles. The van der Waals surface area contributed by atoms with E-state index in [1.54, 1.807) is 7.11 Å². The largest absolute Gasteiger partial charge is 0.497 e. The van der Waals surface area contributed by atoms with Gasteiger partial charge >= 0.3 is 0 Å². The molecule has 122 valence electrons. The van der Waals surface area contributed by atoms with Gasteiger partial charge < -0.3 is 14.8 Å². The van der Waals surface area contributed by atoms with Crippen LogP contribution < -0.4 is 14.8 Å². The van der Waals surface area contributed by atoms with E-state index in [0.29, 0.717) is 12.5 Å². The van der Waals surface area contributed by atoms with Crippen molar-refractivity contribution in [2.24, 2.45) is 0 Å². The average molecular weight is 350 g/mol. The molecule has 0 aliphatic carbocycles. The second kappa shape index (κ2) is 7.84. The highest BCUT2D eigenvalue weighted by atomic mass is 35.5. The normalized spacial score (nSPS) is 16.3. The Bertz CT molecular complexity index is 665. The van der Waals surface area contributed by atoms with Gasteiger partial charge in [-0.3, -0.25) is 0 Å². The minimum absolute atomic E-state index is 0.283. The Morgan fingerprint density at radius 1 is 1.26 bits per heavy atom. The van der Waals surface area contributed by atoms with Gasteiger partial charge in [0.15, 0.2) is 0 Å². The molecular formula is C18H20ClNO2S. The van der Waals surface area contributed by atoms with Gasteiger partial charge in [0.1, 0.15) is 11.5 Å². The summed E-state index contributed by atoms with van der Waals surface area (Å²) in [6.45, 7) is 1.49. The number of rotatable bonds is 6. The molecule has 0 fully saturated rings. The van der Waals surface area contributed by atoms with E-state index in [2.05, 4.69) is 35.6 Å². The van der Waals surface area contributed by atoms with Crippen molar-refractivity contribution in [1.82, 2.24) is 0 Å². The van der Waals surface area contributed by atoms with Gasteiger partial charge in [0.2, 0.25) is 0 Å². The summed E-state index contributed by atoms with van der Waals surface area (Å²) in [6.07, 6.45) is 0.839. The third kappa shape index (κ3) is 3.88. The van der Waals surface area contributed by atoms with Crippen molar-refractivity contribution in [3.63, 3.8) is 0 Å². The van der Waals surface area contributed by atoms with Crippen molar-refractivity contribution in [1.29, 1.82) is 0 Å². The second-order valence-electron chi connectivity index (χ2n) is 5.28. The van der Waals surface area contributed by atoms with Crippen molar-refractivity contribution in [2.75, 3.05) is 31.5 Å². The first-order valence-corrected chi connectivity index (χ1v) is 9.09. The molecule has 0 spiro atoms. The summed E-state index contributed by atoms with van der Waals surface area (Å²) in [7, 11) is 1.69. The Morgan fingerprint density at radius 3 is 2.96 bits per heavy atom. The zero-order valence-corrected chi connectivity index (χ0v) is 14.6. The third-order valence-corrected chi connectivity index (χ3v) is 5.32. The SMILES string of the molecule is COc1ccc(OCCCCl)c(C2CNc3ccccc3S2)c1. The lowest BCUT2D eigenvalue weighted by atomic mass is 10.1. The van der Waals surface area contributed by atoms with E-state index in [-0.39, 0.29) is 5.25 Å². The summed E-state index contributed by atoms with van der Waals surface area (Å²) in [5.41, 5.74) is 2.35. The molecule has 1 atom stereocenters. The van der Waals surface area contributed by atoms with Crippen LogP contribution in [0.2, 0.25) is 0 Å². The van der Waals surface area contributed by atoms with Crippen LogP contribution in [0.4, 0.5) is 5.69 Å². The predicted molar refractivity (Wildman–Crippen MR) is 97.4 cm³/mol. The van der Waals surface area contributed by atoms with E-state index in [1.165, 1.54) is 10.6 Å². The number of hydrogen-bond acceptors (Lipinski definition) is 4. The van der Waals surface area contributed by atoms with Gasteiger partial charge in [-0.2, -0.15) is 0 Å². The third-order valence-electron chi connectivity index (χ3n) is 3.73. The van der Waals surface area contributed by atoms with Crippen molar-refractivity contribution >= 4 is 29.1 Å². The molecule has 3 rings (SSSR count). The molecule has 1 heterocycles. The molecule has 1 aliphatic heterocycles. The lowest BCUT2D eigenvalue weighted by molar-refractivity contribution is 0.314. The Kier molecular flexibility index (Phi) is 5.57. The number of halogens is 1. The number of anilines is 1. The van der Waals surface area contributed by atoms with Crippen LogP contribution in [0.25, 0.3) is 0 Å². The lowest BCUT2D eigenvalue weighted by Gasteiger charge is -2.27. The number of thioether (sulfide) groups is 1. The van der Waals surface area contributed by atoms with E-state index >= 15 is 0 Å². The topological polar surface area (TPSA) is 30.5 Å². The molecule has 3 nitrogen and oxygen atoms in total. The fourth-order valence-electron chi connectivity index (χ4n) is 2.56. The summed E-state index contributed by atoms with van der Waals surface area (Å²) in [4.78, 5) is 1.26. The fraction of sp³-hybridized carbons (Fsp3) is 0.333. The molecule has 5 heteroatoms. The van der Waals surface area contributed by atoms with Crippen LogP contribution in [0.15, 0.2) is 47.4 Å². The van der Waals surface area contributed by atoms with E-state index in [9.17, 15) is 0 Å². The Hall–Kier alpha value is -1.52. The number of alkyl halides is 1. The van der Waals surface area contributed by atoms with Gasteiger partial charge in [0.25, 0.3) is 0 Å². The first-order chi connectivity index (χ1) is 11.3. The van der Waals surface area contributed by atoms with Crippen molar-refractivity contribution in [3.8, 4) is 11.5 Å². The molecule has 1 unspecified atom stereocenters. The van der Waals surface area contributed by atoms with Crippen molar-refractivity contribution in [2.45, 2.75) is 16.6 Å². The quantitative estimate of drug-likeness (QED) is 0.589.